The maximum Gasteiger partial charge on any atom is 0.301 e. The number of benzene rings is 2. The number of phenols is 4. The first-order valence-electron chi connectivity index (χ1n) is 6.54. The minimum absolute atomic E-state index is 0.0844. The molecule has 0 spiro atoms. The van der Waals surface area contributed by atoms with Gasteiger partial charge >= 0.3 is 5.75 Å². The zero-order chi connectivity index (χ0) is 16.0. The van der Waals surface area contributed by atoms with Crippen LogP contribution >= 0.6 is 0 Å². The fourth-order valence-corrected chi connectivity index (χ4v) is 2.55. The van der Waals surface area contributed by atoms with Gasteiger partial charge in [0.15, 0.2) is 11.9 Å². The maximum atomic E-state index is 10.2. The topological polar surface area (TPSA) is 133 Å². The second-order valence-electron chi connectivity index (χ2n) is 5.19. The number of phenolic OH excluding ortho intramolecular Hbond substituents is 4. The first kappa shape index (κ1) is 14.2. The average Bonchev–Trinajstić information content (AvgIpc) is 2.44. The molecular formula is C15H15O7+. The highest BCUT2D eigenvalue weighted by atomic mass is 16.5. The molecule has 2 atom stereocenters. The Labute approximate surface area is 124 Å². The van der Waals surface area contributed by atoms with E-state index in [1.807, 2.05) is 0 Å². The molecule has 1 aliphatic rings. The summed E-state index contributed by atoms with van der Waals surface area (Å²) < 4.78 is 5.60. The third-order valence-electron chi connectivity index (χ3n) is 3.63. The smallest absolute Gasteiger partial charge is 0.301 e. The van der Waals surface area contributed by atoms with E-state index in [0.717, 1.165) is 6.07 Å². The van der Waals surface area contributed by atoms with E-state index in [-0.39, 0.29) is 29.4 Å². The van der Waals surface area contributed by atoms with Crippen molar-refractivity contribution >= 4 is 0 Å². The Bertz CT molecular complexity index is 718. The normalized spacial score (nSPS) is 20.2. The standard InChI is InChI=1S/C15H14O7/c16-7-3-9(17)8-5-12(20)15(22-13(8)4-7)6-1-10(18)14(21)11(19)2-6/h1-4,12,15-21H,5H2/p+1/t12-,15-/m1/s1. The first-order valence-corrected chi connectivity index (χ1v) is 6.54. The minimum atomic E-state index is -1.02. The predicted octanol–water partition coefficient (Wildman–Crippen LogP) is 0.984. The third-order valence-corrected chi connectivity index (χ3v) is 3.63. The fraction of sp³-hybridized carbons (Fsp3) is 0.200. The van der Waals surface area contributed by atoms with Crippen LogP contribution in [0.2, 0.25) is 0 Å². The molecule has 7 N–H and O–H groups in total. The summed E-state index contributed by atoms with van der Waals surface area (Å²) in [5.41, 5.74) is 0.678. The lowest BCUT2D eigenvalue weighted by Gasteiger charge is -2.31. The summed E-state index contributed by atoms with van der Waals surface area (Å²) in [4.78, 5) is 0. The van der Waals surface area contributed by atoms with Crippen LogP contribution < -0.4 is 4.74 Å². The lowest BCUT2D eigenvalue weighted by Crippen LogP contribution is -2.30. The molecule has 0 aromatic heterocycles. The van der Waals surface area contributed by atoms with Gasteiger partial charge in [-0.3, -0.25) is 0 Å². The van der Waals surface area contributed by atoms with Crippen molar-refractivity contribution in [1.82, 2.24) is 0 Å². The third kappa shape index (κ3) is 2.21. The molecule has 0 unspecified atom stereocenters. The number of aromatic hydroxyl groups is 4. The summed E-state index contributed by atoms with van der Waals surface area (Å²) in [6.07, 6.45) is -1.84. The number of aliphatic hydroxyl groups excluding tert-OH is 1. The summed E-state index contributed by atoms with van der Waals surface area (Å²) in [6.45, 7) is 0. The molecule has 22 heavy (non-hydrogen) atoms. The minimum Gasteiger partial charge on any atom is -0.591 e. The van der Waals surface area contributed by atoms with E-state index < -0.39 is 23.7 Å². The van der Waals surface area contributed by atoms with Gasteiger partial charge in [0.2, 0.25) is 0 Å². The SMILES string of the molecule is Oc1cc(O)c2c(c1)O[C@H](c1cc(O)c(O)c([OH2+])c1)[C@H](O)C2. The Morgan fingerprint density at radius 1 is 1.00 bits per heavy atom. The van der Waals surface area contributed by atoms with Crippen molar-refractivity contribution in [3.05, 3.63) is 35.4 Å². The molecule has 2 aromatic rings. The summed E-state index contributed by atoms with van der Waals surface area (Å²) in [7, 11) is 0. The Balaban J connectivity index is 2.03. The van der Waals surface area contributed by atoms with Crippen molar-refractivity contribution in [3.63, 3.8) is 0 Å². The molecule has 1 aliphatic heterocycles. The van der Waals surface area contributed by atoms with Crippen molar-refractivity contribution in [2.24, 2.45) is 0 Å². The summed E-state index contributed by atoms with van der Waals surface area (Å²) in [5.74, 6) is -1.47. The fourth-order valence-electron chi connectivity index (χ4n) is 2.55. The van der Waals surface area contributed by atoms with E-state index in [9.17, 15) is 25.5 Å². The van der Waals surface area contributed by atoms with Crippen LogP contribution in [0.3, 0.4) is 0 Å². The van der Waals surface area contributed by atoms with Crippen LogP contribution in [0.4, 0.5) is 0 Å². The van der Waals surface area contributed by atoms with Gasteiger partial charge in [-0.05, 0) is 6.07 Å². The monoisotopic (exact) mass is 307 g/mol. The van der Waals surface area contributed by atoms with Crippen molar-refractivity contribution in [2.45, 2.75) is 18.6 Å². The molecular weight excluding hydrogens is 292 g/mol. The lowest BCUT2D eigenvalue weighted by atomic mass is 9.93. The molecule has 1 heterocycles. The quantitative estimate of drug-likeness (QED) is 0.394. The van der Waals surface area contributed by atoms with Gasteiger partial charge in [0.05, 0.1) is 6.10 Å². The largest absolute Gasteiger partial charge is 0.591 e. The van der Waals surface area contributed by atoms with Gasteiger partial charge < -0.3 is 35.4 Å². The molecule has 0 saturated carbocycles. The van der Waals surface area contributed by atoms with E-state index in [2.05, 4.69) is 0 Å². The molecule has 0 saturated heterocycles. The Hall–Kier alpha value is -2.80. The van der Waals surface area contributed by atoms with Crippen LogP contribution in [0.1, 0.15) is 17.2 Å². The van der Waals surface area contributed by atoms with E-state index in [1.165, 1.54) is 18.2 Å². The molecule has 3 rings (SSSR count). The van der Waals surface area contributed by atoms with Gasteiger partial charge in [0.1, 0.15) is 17.2 Å². The Morgan fingerprint density at radius 2 is 1.73 bits per heavy atom. The molecule has 0 amide bonds. The van der Waals surface area contributed by atoms with Crippen LogP contribution in [-0.2, 0) is 6.42 Å². The Kier molecular flexibility index (Phi) is 3.14. The van der Waals surface area contributed by atoms with Crippen molar-refractivity contribution in [2.75, 3.05) is 0 Å². The van der Waals surface area contributed by atoms with Gasteiger partial charge in [0.25, 0.3) is 5.75 Å². The number of ether oxygens (including phenoxy) is 1. The zero-order valence-electron chi connectivity index (χ0n) is 11.3. The van der Waals surface area contributed by atoms with Gasteiger partial charge in [-0.25, -0.2) is 0 Å². The van der Waals surface area contributed by atoms with Gasteiger partial charge in [-0.15, -0.1) is 0 Å². The summed E-state index contributed by atoms with van der Waals surface area (Å²) in [5, 5.41) is 56.1. The number of hydrogen-bond acceptors (Lipinski definition) is 6. The summed E-state index contributed by atoms with van der Waals surface area (Å²) >= 11 is 0. The van der Waals surface area contributed by atoms with Crippen LogP contribution in [0, 0.1) is 0 Å². The van der Waals surface area contributed by atoms with Crippen LogP contribution in [0.25, 0.3) is 0 Å². The van der Waals surface area contributed by atoms with E-state index in [1.54, 1.807) is 0 Å². The van der Waals surface area contributed by atoms with Crippen molar-refractivity contribution in [1.29, 1.82) is 0 Å². The van der Waals surface area contributed by atoms with Crippen LogP contribution in [0.15, 0.2) is 24.3 Å². The molecule has 7 heteroatoms. The van der Waals surface area contributed by atoms with Gasteiger partial charge in [0, 0.05) is 35.7 Å². The zero-order valence-corrected chi connectivity index (χ0v) is 11.3. The highest BCUT2D eigenvalue weighted by Crippen LogP contribution is 2.44. The first-order chi connectivity index (χ1) is 10.4. The second kappa shape index (κ2) is 4.88. The van der Waals surface area contributed by atoms with Crippen molar-refractivity contribution in [3.8, 4) is 34.5 Å². The molecule has 0 aliphatic carbocycles. The maximum absolute atomic E-state index is 10.2. The van der Waals surface area contributed by atoms with E-state index >= 15 is 0 Å². The van der Waals surface area contributed by atoms with E-state index in [4.69, 9.17) is 9.84 Å². The molecule has 0 radical (unpaired) electrons. The van der Waals surface area contributed by atoms with E-state index in [0.29, 0.717) is 11.1 Å². The van der Waals surface area contributed by atoms with Crippen molar-refractivity contribution < 1.29 is 35.4 Å². The number of hydrogen-bond donors (Lipinski definition) is 5. The van der Waals surface area contributed by atoms with Gasteiger partial charge in [-0.2, -0.15) is 0 Å². The second-order valence-corrected chi connectivity index (χ2v) is 5.19. The predicted molar refractivity (Wildman–Crippen MR) is 75.7 cm³/mol. The highest BCUT2D eigenvalue weighted by molar-refractivity contribution is 5.54. The molecule has 0 bridgehead atoms. The number of fused-ring (bicyclic) bond motifs is 1. The molecule has 2 aromatic carbocycles. The molecule has 7 nitrogen and oxygen atoms in total. The Morgan fingerprint density at radius 3 is 2.41 bits per heavy atom. The average molecular weight is 307 g/mol. The number of rotatable bonds is 1. The molecule has 0 fully saturated rings. The molecule has 116 valence electrons. The van der Waals surface area contributed by atoms with Gasteiger partial charge in [-0.1, -0.05) is 0 Å². The lowest BCUT2D eigenvalue weighted by molar-refractivity contribution is 0.0196. The van der Waals surface area contributed by atoms with Crippen LogP contribution in [0.5, 0.6) is 34.5 Å². The number of aliphatic hydroxyl groups is 1. The van der Waals surface area contributed by atoms with Crippen LogP contribution in [-0.4, -0.2) is 36.7 Å². The summed E-state index contributed by atoms with van der Waals surface area (Å²) in [6, 6.07) is 4.95. The highest BCUT2D eigenvalue weighted by Gasteiger charge is 2.33.